The Hall–Kier alpha value is 0.250. The summed E-state index contributed by atoms with van der Waals surface area (Å²) in [6.45, 7) is 12.1. The fourth-order valence-corrected chi connectivity index (χ4v) is 0.510. The van der Waals surface area contributed by atoms with Crippen molar-refractivity contribution in [3.8, 4) is 0 Å². The van der Waals surface area contributed by atoms with Crippen molar-refractivity contribution in [2.75, 3.05) is 6.54 Å². The first-order chi connectivity index (χ1) is 3.92. The molecular formula is C8H20ClN. The Morgan fingerprint density at radius 1 is 1.20 bits per heavy atom. The first-order valence-corrected chi connectivity index (χ1v) is 3.67. The zero-order valence-electron chi connectivity index (χ0n) is 7.69. The third-order valence-electron chi connectivity index (χ3n) is 1.04. The summed E-state index contributed by atoms with van der Waals surface area (Å²) in [5.74, 6) is 0.754. The molecule has 0 spiro atoms. The molecule has 0 heterocycles. The molecule has 64 valence electrons. The van der Waals surface area contributed by atoms with Crippen molar-refractivity contribution in [1.82, 2.24) is 5.32 Å². The lowest BCUT2D eigenvalue weighted by molar-refractivity contribution is 0.393. The highest BCUT2D eigenvalue weighted by molar-refractivity contribution is 5.85. The summed E-state index contributed by atoms with van der Waals surface area (Å²) in [7, 11) is 0. The molecule has 0 radical (unpaired) electrons. The predicted molar refractivity (Wildman–Crippen MR) is 49.8 cm³/mol. The molecule has 1 nitrogen and oxygen atoms in total. The second-order valence-corrected chi connectivity index (χ2v) is 4.02. The number of hydrogen-bond acceptors (Lipinski definition) is 1. The lowest BCUT2D eigenvalue weighted by atomic mass is 10.1. The van der Waals surface area contributed by atoms with Gasteiger partial charge < -0.3 is 5.32 Å². The van der Waals surface area contributed by atoms with Crippen molar-refractivity contribution in [3.63, 3.8) is 0 Å². The number of halogens is 1. The van der Waals surface area contributed by atoms with Crippen LogP contribution in [0.2, 0.25) is 0 Å². The van der Waals surface area contributed by atoms with Crippen LogP contribution in [0.15, 0.2) is 0 Å². The van der Waals surface area contributed by atoms with Gasteiger partial charge in [0, 0.05) is 5.54 Å². The summed E-state index contributed by atoms with van der Waals surface area (Å²) in [5.41, 5.74) is 0.282. The molecule has 0 aliphatic heterocycles. The Morgan fingerprint density at radius 2 is 1.60 bits per heavy atom. The van der Waals surface area contributed by atoms with Gasteiger partial charge in [-0.3, -0.25) is 0 Å². The Kier molecular flexibility index (Phi) is 6.41. The van der Waals surface area contributed by atoms with Crippen LogP contribution in [0.4, 0.5) is 0 Å². The lowest BCUT2D eigenvalue weighted by Gasteiger charge is -2.21. The molecule has 0 aromatic rings. The van der Waals surface area contributed by atoms with E-state index in [1.165, 1.54) is 0 Å². The largest absolute Gasteiger partial charge is 0.312 e. The summed E-state index contributed by atoms with van der Waals surface area (Å²) in [4.78, 5) is 0. The van der Waals surface area contributed by atoms with Crippen LogP contribution in [0.3, 0.4) is 0 Å². The van der Waals surface area contributed by atoms with Gasteiger partial charge in [-0.05, 0) is 33.2 Å². The summed E-state index contributed by atoms with van der Waals surface area (Å²) in [5, 5.41) is 3.42. The van der Waals surface area contributed by atoms with Crippen LogP contribution >= 0.6 is 12.4 Å². The third kappa shape index (κ3) is 11.1. The van der Waals surface area contributed by atoms with E-state index in [0.29, 0.717) is 0 Å². The van der Waals surface area contributed by atoms with Crippen molar-refractivity contribution in [3.05, 3.63) is 0 Å². The molecule has 0 rings (SSSR count). The number of rotatable bonds is 2. The Bertz CT molecular complexity index is 73.8. The van der Waals surface area contributed by atoms with Gasteiger partial charge in [-0.25, -0.2) is 0 Å². The molecule has 0 aromatic heterocycles. The molecular weight excluding hydrogens is 146 g/mol. The van der Waals surface area contributed by atoms with Gasteiger partial charge in [0.15, 0.2) is 0 Å². The van der Waals surface area contributed by atoms with E-state index in [1.807, 2.05) is 0 Å². The SMILES string of the molecule is CC(C)CNC(C)(C)C.Cl. The van der Waals surface area contributed by atoms with Crippen molar-refractivity contribution in [1.29, 1.82) is 0 Å². The van der Waals surface area contributed by atoms with Crippen LogP contribution in [0.1, 0.15) is 34.6 Å². The van der Waals surface area contributed by atoms with E-state index < -0.39 is 0 Å². The molecule has 2 heteroatoms. The van der Waals surface area contributed by atoms with Crippen molar-refractivity contribution < 1.29 is 0 Å². The maximum atomic E-state index is 3.42. The standard InChI is InChI=1S/C8H19N.ClH/c1-7(2)6-9-8(3,4)5;/h7,9H,6H2,1-5H3;1H. The van der Waals surface area contributed by atoms with E-state index in [9.17, 15) is 0 Å². The fourth-order valence-electron chi connectivity index (χ4n) is 0.510. The van der Waals surface area contributed by atoms with E-state index in [2.05, 4.69) is 39.9 Å². The Labute approximate surface area is 71.0 Å². The minimum absolute atomic E-state index is 0. The van der Waals surface area contributed by atoms with Crippen molar-refractivity contribution in [2.24, 2.45) is 5.92 Å². The van der Waals surface area contributed by atoms with Gasteiger partial charge in [0.1, 0.15) is 0 Å². The fraction of sp³-hybridized carbons (Fsp3) is 1.00. The van der Waals surface area contributed by atoms with Crippen LogP contribution < -0.4 is 5.32 Å². The first-order valence-electron chi connectivity index (χ1n) is 3.67. The molecule has 0 saturated heterocycles. The van der Waals surface area contributed by atoms with Gasteiger partial charge in [-0.2, -0.15) is 0 Å². The van der Waals surface area contributed by atoms with E-state index in [0.717, 1.165) is 12.5 Å². The van der Waals surface area contributed by atoms with Gasteiger partial charge in [0.25, 0.3) is 0 Å². The van der Waals surface area contributed by atoms with E-state index in [1.54, 1.807) is 0 Å². The number of hydrogen-bond donors (Lipinski definition) is 1. The highest BCUT2D eigenvalue weighted by Gasteiger charge is 2.07. The second kappa shape index (κ2) is 4.97. The second-order valence-electron chi connectivity index (χ2n) is 4.02. The van der Waals surface area contributed by atoms with Crippen LogP contribution in [0, 0.1) is 5.92 Å². The molecule has 1 N–H and O–H groups in total. The van der Waals surface area contributed by atoms with Crippen LogP contribution in [-0.4, -0.2) is 12.1 Å². The van der Waals surface area contributed by atoms with Crippen molar-refractivity contribution in [2.45, 2.75) is 40.2 Å². The summed E-state index contributed by atoms with van der Waals surface area (Å²) in [6.07, 6.45) is 0. The van der Waals surface area contributed by atoms with Crippen LogP contribution in [-0.2, 0) is 0 Å². The minimum Gasteiger partial charge on any atom is -0.312 e. The van der Waals surface area contributed by atoms with E-state index in [4.69, 9.17) is 0 Å². The Balaban J connectivity index is 0. The topological polar surface area (TPSA) is 12.0 Å². The van der Waals surface area contributed by atoms with E-state index in [-0.39, 0.29) is 17.9 Å². The molecule has 10 heavy (non-hydrogen) atoms. The highest BCUT2D eigenvalue weighted by Crippen LogP contribution is 1.99. The summed E-state index contributed by atoms with van der Waals surface area (Å²) >= 11 is 0. The maximum absolute atomic E-state index is 3.42. The molecule has 0 fully saturated rings. The van der Waals surface area contributed by atoms with Crippen molar-refractivity contribution >= 4 is 12.4 Å². The highest BCUT2D eigenvalue weighted by atomic mass is 35.5. The minimum atomic E-state index is 0. The average Bonchev–Trinajstić information content (AvgIpc) is 1.59. The van der Waals surface area contributed by atoms with Crippen LogP contribution in [0.25, 0.3) is 0 Å². The zero-order valence-corrected chi connectivity index (χ0v) is 8.51. The zero-order chi connectivity index (χ0) is 7.49. The predicted octanol–water partition coefficient (Wildman–Crippen LogP) is 2.45. The molecule has 0 atom stereocenters. The van der Waals surface area contributed by atoms with Gasteiger partial charge in [-0.15, -0.1) is 12.4 Å². The normalized spacial score (nSPS) is 11.4. The first kappa shape index (κ1) is 12.9. The monoisotopic (exact) mass is 165 g/mol. The summed E-state index contributed by atoms with van der Waals surface area (Å²) < 4.78 is 0. The average molecular weight is 166 g/mol. The van der Waals surface area contributed by atoms with Gasteiger partial charge >= 0.3 is 0 Å². The van der Waals surface area contributed by atoms with Gasteiger partial charge in [0.05, 0.1) is 0 Å². The maximum Gasteiger partial charge on any atom is 0.00966 e. The third-order valence-corrected chi connectivity index (χ3v) is 1.04. The molecule has 0 aromatic carbocycles. The smallest absolute Gasteiger partial charge is 0.00966 e. The molecule has 0 bridgehead atoms. The Morgan fingerprint density at radius 3 is 1.70 bits per heavy atom. The van der Waals surface area contributed by atoms with E-state index >= 15 is 0 Å². The van der Waals surface area contributed by atoms with Gasteiger partial charge in [0.2, 0.25) is 0 Å². The molecule has 0 saturated carbocycles. The number of nitrogens with one attached hydrogen (secondary N) is 1. The lowest BCUT2D eigenvalue weighted by Crippen LogP contribution is -2.38. The van der Waals surface area contributed by atoms with Crippen LogP contribution in [0.5, 0.6) is 0 Å². The molecule has 0 aliphatic rings. The van der Waals surface area contributed by atoms with Gasteiger partial charge in [-0.1, -0.05) is 13.8 Å². The molecule has 0 amide bonds. The quantitative estimate of drug-likeness (QED) is 0.663. The molecule has 0 unspecified atom stereocenters. The summed E-state index contributed by atoms with van der Waals surface area (Å²) in [6, 6.07) is 0. The molecule has 0 aliphatic carbocycles.